The first-order valence-electron chi connectivity index (χ1n) is 5.84. The Morgan fingerprint density at radius 1 is 1.50 bits per heavy atom. The van der Waals surface area contributed by atoms with Gasteiger partial charge in [-0.2, -0.15) is 0 Å². The summed E-state index contributed by atoms with van der Waals surface area (Å²) in [5.74, 6) is -0.120. The topological polar surface area (TPSA) is 35.5 Å². The average Bonchev–Trinajstić information content (AvgIpc) is 2.74. The lowest BCUT2D eigenvalue weighted by molar-refractivity contribution is -0.141. The number of carbonyl (C=O) groups excluding carboxylic acids is 1. The van der Waals surface area contributed by atoms with E-state index < -0.39 is 0 Å². The van der Waals surface area contributed by atoms with Gasteiger partial charge >= 0.3 is 5.97 Å². The van der Waals surface area contributed by atoms with Gasteiger partial charge in [0.2, 0.25) is 0 Å². The Balaban J connectivity index is 1.81. The second-order valence-corrected chi connectivity index (χ2v) is 5.49. The van der Waals surface area contributed by atoms with Crippen LogP contribution in [0.5, 0.6) is 0 Å². The summed E-state index contributed by atoms with van der Waals surface area (Å²) in [7, 11) is 0. The monoisotopic (exact) mass is 288 g/mol. The van der Waals surface area contributed by atoms with Gasteiger partial charge in [0.15, 0.2) is 0 Å². The number of halogens is 1. The van der Waals surface area contributed by atoms with Crippen molar-refractivity contribution in [2.24, 2.45) is 0 Å². The van der Waals surface area contributed by atoms with Crippen molar-refractivity contribution in [3.8, 4) is 0 Å². The third-order valence-corrected chi connectivity index (χ3v) is 4.01. The van der Waals surface area contributed by atoms with Gasteiger partial charge in [0.05, 0.1) is 12.5 Å². The van der Waals surface area contributed by atoms with Crippen LogP contribution in [0.1, 0.15) is 32.6 Å². The molecule has 0 amide bonds. The van der Waals surface area contributed by atoms with Crippen molar-refractivity contribution in [1.29, 1.82) is 0 Å². The van der Waals surface area contributed by atoms with E-state index in [4.69, 9.17) is 9.47 Å². The fourth-order valence-electron chi connectivity index (χ4n) is 2.21. The van der Waals surface area contributed by atoms with E-state index >= 15 is 0 Å². The van der Waals surface area contributed by atoms with E-state index in [1.54, 1.807) is 0 Å². The molecule has 2 rings (SSSR count). The zero-order valence-corrected chi connectivity index (χ0v) is 11.0. The summed E-state index contributed by atoms with van der Waals surface area (Å²) in [6, 6.07) is 0. The highest BCUT2D eigenvalue weighted by molar-refractivity contribution is 9.09. The molecule has 0 bridgehead atoms. The molecule has 0 aromatic carbocycles. The molecule has 0 aromatic rings. The quantitative estimate of drug-likeness (QED) is 0.453. The second-order valence-electron chi connectivity index (χ2n) is 4.31. The zero-order valence-electron chi connectivity index (χ0n) is 9.40. The highest BCUT2D eigenvalue weighted by Gasteiger charge is 2.45. The number of carbonyl (C=O) groups is 1. The maximum Gasteiger partial charge on any atom is 0.308 e. The molecule has 2 aliphatic rings. The lowest BCUT2D eigenvalue weighted by atomic mass is 10.1. The molecule has 0 N–H and O–H groups in total. The standard InChI is InChI=1S/C12H17BrO3/c1-2-3-4-5-8(13)9-6-10-11(15-9)7-12(14)16-10/h3-4,8-11H,2,5-7H2,1H3/b4-3+/t8-,9-,10-,11-/m1/s1. The van der Waals surface area contributed by atoms with Gasteiger partial charge in [0.25, 0.3) is 0 Å². The number of fused-ring (bicyclic) bond motifs is 1. The summed E-state index contributed by atoms with van der Waals surface area (Å²) >= 11 is 3.64. The van der Waals surface area contributed by atoms with Crippen LogP contribution in [0.3, 0.4) is 0 Å². The van der Waals surface area contributed by atoms with Crippen LogP contribution in [-0.4, -0.2) is 29.1 Å². The second kappa shape index (κ2) is 5.32. The third kappa shape index (κ3) is 2.66. The summed E-state index contributed by atoms with van der Waals surface area (Å²) < 4.78 is 11.0. The minimum absolute atomic E-state index is 0.00675. The average molecular weight is 289 g/mol. The molecule has 2 saturated heterocycles. The Hall–Kier alpha value is -0.350. The summed E-state index contributed by atoms with van der Waals surface area (Å²) in [6.07, 6.45) is 7.76. The molecule has 0 radical (unpaired) electrons. The molecule has 90 valence electrons. The van der Waals surface area contributed by atoms with Gasteiger partial charge in [-0.05, 0) is 12.8 Å². The van der Waals surface area contributed by atoms with Gasteiger partial charge in [0.1, 0.15) is 12.2 Å². The molecule has 0 aliphatic carbocycles. The van der Waals surface area contributed by atoms with Crippen LogP contribution in [0.2, 0.25) is 0 Å². The molecule has 2 aliphatic heterocycles. The summed E-state index contributed by atoms with van der Waals surface area (Å²) in [5, 5.41) is 0. The SMILES string of the molecule is CC/C=C/C[C@@H](Br)[C@H]1C[C@H]2OC(=O)C[C@H]2O1. The van der Waals surface area contributed by atoms with Crippen molar-refractivity contribution < 1.29 is 14.3 Å². The van der Waals surface area contributed by atoms with E-state index in [1.807, 2.05) is 0 Å². The number of esters is 1. The molecule has 2 heterocycles. The Morgan fingerprint density at radius 2 is 2.31 bits per heavy atom. The van der Waals surface area contributed by atoms with E-state index in [2.05, 4.69) is 35.0 Å². The fraction of sp³-hybridized carbons (Fsp3) is 0.750. The van der Waals surface area contributed by atoms with Gasteiger partial charge in [0, 0.05) is 11.2 Å². The van der Waals surface area contributed by atoms with Gasteiger partial charge in [-0.3, -0.25) is 4.79 Å². The predicted octanol–water partition coefficient (Wildman–Crippen LogP) is 2.58. The maximum atomic E-state index is 11.0. The highest BCUT2D eigenvalue weighted by Crippen LogP contribution is 2.35. The van der Waals surface area contributed by atoms with Gasteiger partial charge in [-0.1, -0.05) is 35.0 Å². The number of alkyl halides is 1. The molecule has 0 spiro atoms. The fourth-order valence-corrected chi connectivity index (χ4v) is 2.77. The van der Waals surface area contributed by atoms with E-state index in [0.29, 0.717) is 11.2 Å². The number of hydrogen-bond acceptors (Lipinski definition) is 3. The Morgan fingerprint density at radius 3 is 3.00 bits per heavy atom. The first kappa shape index (κ1) is 12.1. The molecule has 0 unspecified atom stereocenters. The Labute approximate surface area is 104 Å². The lowest BCUT2D eigenvalue weighted by Gasteiger charge is -2.16. The minimum Gasteiger partial charge on any atom is -0.459 e. The number of allylic oxidation sites excluding steroid dienone is 2. The largest absolute Gasteiger partial charge is 0.459 e. The Kier molecular flexibility index (Phi) is 4.03. The zero-order chi connectivity index (χ0) is 11.5. The van der Waals surface area contributed by atoms with Crippen molar-refractivity contribution in [2.45, 2.75) is 55.7 Å². The van der Waals surface area contributed by atoms with Crippen LogP contribution in [0.25, 0.3) is 0 Å². The van der Waals surface area contributed by atoms with E-state index in [0.717, 1.165) is 19.3 Å². The predicted molar refractivity (Wildman–Crippen MR) is 64.5 cm³/mol. The van der Waals surface area contributed by atoms with Crippen molar-refractivity contribution in [3.63, 3.8) is 0 Å². The van der Waals surface area contributed by atoms with Gasteiger partial charge < -0.3 is 9.47 Å². The van der Waals surface area contributed by atoms with E-state index in [-0.39, 0.29) is 24.3 Å². The van der Waals surface area contributed by atoms with Crippen LogP contribution in [0.15, 0.2) is 12.2 Å². The first-order valence-corrected chi connectivity index (χ1v) is 6.76. The normalized spacial score (nSPS) is 35.4. The van der Waals surface area contributed by atoms with Crippen LogP contribution < -0.4 is 0 Å². The molecule has 3 nitrogen and oxygen atoms in total. The van der Waals surface area contributed by atoms with Crippen molar-refractivity contribution in [2.75, 3.05) is 0 Å². The van der Waals surface area contributed by atoms with E-state index in [1.165, 1.54) is 0 Å². The van der Waals surface area contributed by atoms with Crippen LogP contribution in [0, 0.1) is 0 Å². The molecule has 2 fully saturated rings. The van der Waals surface area contributed by atoms with Crippen LogP contribution in [0.4, 0.5) is 0 Å². The number of rotatable bonds is 4. The molecule has 4 atom stereocenters. The summed E-state index contributed by atoms with van der Waals surface area (Å²) in [6.45, 7) is 2.12. The van der Waals surface area contributed by atoms with Crippen LogP contribution >= 0.6 is 15.9 Å². The minimum atomic E-state index is -0.120. The first-order chi connectivity index (χ1) is 7.70. The van der Waals surface area contributed by atoms with Crippen molar-refractivity contribution >= 4 is 21.9 Å². The summed E-state index contributed by atoms with van der Waals surface area (Å²) in [4.78, 5) is 11.3. The molecular formula is C12H17BrO3. The maximum absolute atomic E-state index is 11.0. The third-order valence-electron chi connectivity index (χ3n) is 3.05. The van der Waals surface area contributed by atoms with Crippen molar-refractivity contribution in [1.82, 2.24) is 0 Å². The van der Waals surface area contributed by atoms with Crippen molar-refractivity contribution in [3.05, 3.63) is 12.2 Å². The van der Waals surface area contributed by atoms with E-state index in [9.17, 15) is 4.79 Å². The smallest absolute Gasteiger partial charge is 0.308 e. The van der Waals surface area contributed by atoms with Crippen LogP contribution in [-0.2, 0) is 14.3 Å². The number of hydrogen-bond donors (Lipinski definition) is 0. The highest BCUT2D eigenvalue weighted by atomic mass is 79.9. The lowest BCUT2D eigenvalue weighted by Crippen LogP contribution is -2.21. The molecule has 0 saturated carbocycles. The molecule has 16 heavy (non-hydrogen) atoms. The van der Waals surface area contributed by atoms with Gasteiger partial charge in [-0.15, -0.1) is 0 Å². The molecule has 0 aromatic heterocycles. The molecular weight excluding hydrogens is 272 g/mol. The van der Waals surface area contributed by atoms with Gasteiger partial charge in [-0.25, -0.2) is 0 Å². The molecule has 4 heteroatoms. The number of ether oxygens (including phenoxy) is 2. The summed E-state index contributed by atoms with van der Waals surface area (Å²) in [5.41, 5.74) is 0. The Bertz CT molecular complexity index is 274.